The number of hydrogen-bond acceptors (Lipinski definition) is 3. The van der Waals surface area contributed by atoms with Crippen LogP contribution in [0.5, 0.6) is 0 Å². The molecule has 1 N–H and O–H groups in total. The van der Waals surface area contributed by atoms with Gasteiger partial charge in [0.1, 0.15) is 6.10 Å². The monoisotopic (exact) mass is 436 g/mol. The average molecular weight is 437 g/mol. The maximum absolute atomic E-state index is 13.2. The second-order valence-corrected chi connectivity index (χ2v) is 12.5. The van der Waals surface area contributed by atoms with Gasteiger partial charge in [0.2, 0.25) is 0 Å². The number of rotatable bonds is 8. The lowest BCUT2D eigenvalue weighted by atomic mass is 9.71. The van der Waals surface area contributed by atoms with Gasteiger partial charge < -0.3 is 9.84 Å². The van der Waals surface area contributed by atoms with Crippen LogP contribution in [0, 0.1) is 46.8 Å². The highest BCUT2D eigenvalue weighted by Gasteiger charge is 2.41. The molecule has 2 aliphatic rings. The van der Waals surface area contributed by atoms with Gasteiger partial charge in [-0.2, -0.15) is 0 Å². The van der Waals surface area contributed by atoms with Crippen molar-refractivity contribution >= 4 is 11.9 Å². The lowest BCUT2D eigenvalue weighted by Gasteiger charge is -2.39. The van der Waals surface area contributed by atoms with Gasteiger partial charge in [0.15, 0.2) is 0 Å². The second kappa shape index (κ2) is 11.2. The van der Waals surface area contributed by atoms with Crippen LogP contribution in [0.2, 0.25) is 0 Å². The molecule has 0 spiro atoms. The molecule has 0 saturated heterocycles. The third kappa shape index (κ3) is 8.09. The largest absolute Gasteiger partial charge is 0.481 e. The van der Waals surface area contributed by atoms with Crippen LogP contribution in [0.1, 0.15) is 106 Å². The Labute approximate surface area is 190 Å². The van der Waals surface area contributed by atoms with Crippen LogP contribution < -0.4 is 0 Å². The Kier molecular flexibility index (Phi) is 9.45. The zero-order chi connectivity index (χ0) is 23.3. The normalized spacial score (nSPS) is 34.0. The molecule has 0 aromatic heterocycles. The maximum atomic E-state index is 13.2. The summed E-state index contributed by atoms with van der Waals surface area (Å²) in [5.41, 5.74) is 0.298. The van der Waals surface area contributed by atoms with Gasteiger partial charge in [0.05, 0.1) is 11.8 Å². The maximum Gasteiger partial charge on any atom is 0.310 e. The van der Waals surface area contributed by atoms with Crippen molar-refractivity contribution in [1.82, 2.24) is 0 Å². The van der Waals surface area contributed by atoms with Crippen LogP contribution in [0.3, 0.4) is 0 Å². The Morgan fingerprint density at radius 2 is 1.55 bits per heavy atom. The lowest BCUT2D eigenvalue weighted by molar-refractivity contribution is -0.168. The van der Waals surface area contributed by atoms with E-state index in [1.807, 2.05) is 0 Å². The van der Waals surface area contributed by atoms with Crippen LogP contribution in [0.25, 0.3) is 0 Å². The van der Waals surface area contributed by atoms with E-state index >= 15 is 0 Å². The molecule has 0 aliphatic heterocycles. The number of carboxylic acids is 1. The number of ether oxygens (including phenoxy) is 1. The number of aliphatic carboxylic acids is 1. The van der Waals surface area contributed by atoms with Gasteiger partial charge in [0, 0.05) is 0 Å². The predicted octanol–water partition coefficient (Wildman–Crippen LogP) is 6.96. The first-order valence-corrected chi connectivity index (χ1v) is 12.8. The molecule has 8 unspecified atom stereocenters. The second-order valence-electron chi connectivity index (χ2n) is 12.5. The van der Waals surface area contributed by atoms with E-state index in [4.69, 9.17) is 4.74 Å². The van der Waals surface area contributed by atoms with Crippen molar-refractivity contribution in [2.45, 2.75) is 112 Å². The quantitative estimate of drug-likeness (QED) is 0.418. The highest BCUT2D eigenvalue weighted by molar-refractivity contribution is 5.81. The summed E-state index contributed by atoms with van der Waals surface area (Å²) in [6.07, 6.45) is 8.66. The number of carboxylic acid groups (broad SMARTS) is 1. The fraction of sp³-hybridized carbons (Fsp3) is 0.926. The molecular weight excluding hydrogens is 388 g/mol. The molecule has 0 heterocycles. The summed E-state index contributed by atoms with van der Waals surface area (Å²) in [5.74, 6) is 0.441. The molecule has 2 fully saturated rings. The first-order valence-electron chi connectivity index (χ1n) is 12.8. The zero-order valence-corrected chi connectivity index (χ0v) is 21.2. The van der Waals surface area contributed by atoms with Crippen molar-refractivity contribution in [3.63, 3.8) is 0 Å². The van der Waals surface area contributed by atoms with Crippen LogP contribution in [0.4, 0.5) is 0 Å². The van der Waals surface area contributed by atoms with E-state index in [1.165, 1.54) is 12.8 Å². The Hall–Kier alpha value is -1.06. The first-order chi connectivity index (χ1) is 14.4. The van der Waals surface area contributed by atoms with E-state index in [2.05, 4.69) is 48.5 Å². The molecule has 31 heavy (non-hydrogen) atoms. The molecule has 0 aromatic rings. The molecule has 2 rings (SSSR count). The van der Waals surface area contributed by atoms with E-state index in [0.29, 0.717) is 41.9 Å². The Morgan fingerprint density at radius 1 is 0.935 bits per heavy atom. The van der Waals surface area contributed by atoms with Gasteiger partial charge in [-0.15, -0.1) is 0 Å². The molecule has 0 bridgehead atoms. The highest BCUT2D eigenvalue weighted by Crippen LogP contribution is 2.40. The third-order valence-corrected chi connectivity index (χ3v) is 7.88. The van der Waals surface area contributed by atoms with E-state index in [1.54, 1.807) is 0 Å². The summed E-state index contributed by atoms with van der Waals surface area (Å²) in [5, 5.41) is 9.71. The van der Waals surface area contributed by atoms with Crippen molar-refractivity contribution in [3.8, 4) is 0 Å². The van der Waals surface area contributed by atoms with E-state index < -0.39 is 17.8 Å². The van der Waals surface area contributed by atoms with Crippen LogP contribution in [-0.2, 0) is 14.3 Å². The molecule has 4 heteroatoms. The van der Waals surface area contributed by atoms with Crippen LogP contribution in [-0.4, -0.2) is 23.1 Å². The fourth-order valence-corrected chi connectivity index (χ4v) is 6.37. The van der Waals surface area contributed by atoms with Crippen molar-refractivity contribution in [2.75, 3.05) is 0 Å². The molecular formula is C27H48O4. The fourth-order valence-electron chi connectivity index (χ4n) is 6.37. The summed E-state index contributed by atoms with van der Waals surface area (Å²) in [6.45, 7) is 15.9. The van der Waals surface area contributed by atoms with Crippen molar-refractivity contribution < 1.29 is 19.4 Å². The summed E-state index contributed by atoms with van der Waals surface area (Å²) in [6, 6.07) is 0. The van der Waals surface area contributed by atoms with Crippen molar-refractivity contribution in [2.24, 2.45) is 46.8 Å². The molecule has 4 nitrogen and oxygen atoms in total. The zero-order valence-electron chi connectivity index (χ0n) is 21.2. The topological polar surface area (TPSA) is 63.6 Å². The van der Waals surface area contributed by atoms with Gasteiger partial charge in [-0.3, -0.25) is 9.59 Å². The molecule has 2 saturated carbocycles. The minimum Gasteiger partial charge on any atom is -0.481 e. The standard InChI is InChI=1S/C27H48O4/c1-17-8-11-21(20(4)14-17)24(13-10-19(3)16-27(5,6)7)31-26(30)22-12-9-18(2)15-23(22)25(28)29/h17-24H,8-16H2,1-7H3,(H,28,29). The SMILES string of the molecule is CC1CCC(C(CCC(C)CC(C)(C)C)OC(=O)C2CCC(C)CC2C(=O)O)C(C)C1. The molecule has 2 aliphatic carbocycles. The van der Waals surface area contributed by atoms with E-state index in [9.17, 15) is 14.7 Å². The Balaban J connectivity index is 2.10. The van der Waals surface area contributed by atoms with Gasteiger partial charge in [-0.1, -0.05) is 54.9 Å². The molecule has 0 aromatic carbocycles. The van der Waals surface area contributed by atoms with Crippen molar-refractivity contribution in [3.05, 3.63) is 0 Å². The molecule has 8 atom stereocenters. The van der Waals surface area contributed by atoms with Gasteiger partial charge >= 0.3 is 11.9 Å². The predicted molar refractivity (Wildman–Crippen MR) is 126 cm³/mol. The highest BCUT2D eigenvalue weighted by atomic mass is 16.5. The number of hydrogen-bond donors (Lipinski definition) is 1. The Bertz CT molecular complexity index is 593. The van der Waals surface area contributed by atoms with Gasteiger partial charge in [-0.05, 0) is 86.4 Å². The molecule has 0 radical (unpaired) electrons. The lowest BCUT2D eigenvalue weighted by Crippen LogP contribution is -2.41. The minimum atomic E-state index is -0.844. The number of carbonyl (C=O) groups excluding carboxylic acids is 1. The molecule has 180 valence electrons. The summed E-state index contributed by atoms with van der Waals surface area (Å²) in [7, 11) is 0. The summed E-state index contributed by atoms with van der Waals surface area (Å²) < 4.78 is 6.23. The van der Waals surface area contributed by atoms with Crippen molar-refractivity contribution in [1.29, 1.82) is 0 Å². The number of esters is 1. The average Bonchev–Trinajstić information content (AvgIpc) is 2.63. The minimum absolute atomic E-state index is 0.0776. The van der Waals surface area contributed by atoms with Crippen LogP contribution in [0.15, 0.2) is 0 Å². The number of carbonyl (C=O) groups is 2. The smallest absolute Gasteiger partial charge is 0.310 e. The summed E-state index contributed by atoms with van der Waals surface area (Å²) >= 11 is 0. The van der Waals surface area contributed by atoms with Crippen LogP contribution >= 0.6 is 0 Å². The first kappa shape index (κ1) is 26.2. The summed E-state index contributed by atoms with van der Waals surface area (Å²) in [4.78, 5) is 25.1. The molecule has 0 amide bonds. The van der Waals surface area contributed by atoms with Gasteiger partial charge in [-0.25, -0.2) is 0 Å². The van der Waals surface area contributed by atoms with E-state index in [-0.39, 0.29) is 12.1 Å². The van der Waals surface area contributed by atoms with Gasteiger partial charge in [0.25, 0.3) is 0 Å². The Morgan fingerprint density at radius 3 is 2.13 bits per heavy atom. The third-order valence-electron chi connectivity index (χ3n) is 7.88. The van der Waals surface area contributed by atoms with E-state index in [0.717, 1.165) is 38.0 Å².